The quantitative estimate of drug-likeness (QED) is 0.557. The number of imidazole rings is 1. The Balaban J connectivity index is 1.59. The zero-order valence-electron chi connectivity index (χ0n) is 15.2. The molecule has 0 aliphatic heterocycles. The second-order valence-corrected chi connectivity index (χ2v) is 6.69. The number of aryl methyl sites for hydroxylation is 1. The summed E-state index contributed by atoms with van der Waals surface area (Å²) in [5, 5.41) is 0. The Hall–Kier alpha value is -3.47. The van der Waals surface area contributed by atoms with Crippen LogP contribution in [0.25, 0.3) is 27.7 Å². The average Bonchev–Trinajstić information content (AvgIpc) is 3.31. The first-order valence-corrected chi connectivity index (χ1v) is 8.84. The summed E-state index contributed by atoms with van der Waals surface area (Å²) < 4.78 is 7.30. The largest absolute Gasteiger partial charge is 0.481 e. The average molecular weight is 354 g/mol. The third kappa shape index (κ3) is 2.59. The van der Waals surface area contributed by atoms with E-state index >= 15 is 0 Å². The normalized spacial score (nSPS) is 12.9. The molecule has 0 fully saturated rings. The Bertz CT molecular complexity index is 1210. The molecule has 5 heteroatoms. The number of hydrogen-bond acceptors (Lipinski definition) is 4. The van der Waals surface area contributed by atoms with E-state index < -0.39 is 0 Å². The molecule has 3 heterocycles. The van der Waals surface area contributed by atoms with Crippen LogP contribution in [-0.2, 0) is 13.5 Å². The van der Waals surface area contributed by atoms with Crippen molar-refractivity contribution in [3.05, 3.63) is 78.0 Å². The van der Waals surface area contributed by atoms with Gasteiger partial charge in [-0.3, -0.25) is 4.98 Å². The van der Waals surface area contributed by atoms with Crippen molar-refractivity contribution >= 4 is 16.6 Å². The fourth-order valence-corrected chi connectivity index (χ4v) is 3.62. The van der Waals surface area contributed by atoms with E-state index in [0.29, 0.717) is 5.88 Å². The lowest BCUT2D eigenvalue weighted by Gasteiger charge is -2.10. The van der Waals surface area contributed by atoms with Gasteiger partial charge < -0.3 is 9.30 Å². The number of nitrogens with zero attached hydrogens (tertiary/aromatic N) is 4. The molecule has 0 saturated heterocycles. The number of allylic oxidation sites excluding steroid dienone is 1. The molecule has 0 amide bonds. The lowest BCUT2D eigenvalue weighted by molar-refractivity contribution is 0.398. The monoisotopic (exact) mass is 354 g/mol. The van der Waals surface area contributed by atoms with Crippen LogP contribution in [0.1, 0.15) is 16.8 Å². The molecule has 0 spiro atoms. The molecule has 0 atom stereocenters. The summed E-state index contributed by atoms with van der Waals surface area (Å²) in [4.78, 5) is 13.3. The Labute approximate surface area is 157 Å². The highest BCUT2D eigenvalue weighted by Crippen LogP contribution is 2.35. The van der Waals surface area contributed by atoms with Crippen molar-refractivity contribution in [2.75, 3.05) is 7.11 Å². The van der Waals surface area contributed by atoms with Crippen LogP contribution in [0.15, 0.2) is 61.2 Å². The highest BCUT2D eigenvalue weighted by atomic mass is 16.5. The topological polar surface area (TPSA) is 52.8 Å². The smallest absolute Gasteiger partial charge is 0.213 e. The van der Waals surface area contributed by atoms with E-state index in [0.717, 1.165) is 34.3 Å². The van der Waals surface area contributed by atoms with E-state index in [4.69, 9.17) is 9.72 Å². The SMILES string of the molecule is COc1cc(-c2cnc3c(c2)C(c2ccc4ncn(C)c4c2)=CC3)ccn1. The van der Waals surface area contributed by atoms with Crippen LogP contribution < -0.4 is 4.74 Å². The Morgan fingerprint density at radius 1 is 0.963 bits per heavy atom. The molecule has 0 bridgehead atoms. The van der Waals surface area contributed by atoms with Gasteiger partial charge in [0.25, 0.3) is 0 Å². The number of pyridine rings is 2. The Morgan fingerprint density at radius 3 is 2.78 bits per heavy atom. The summed E-state index contributed by atoms with van der Waals surface area (Å²) in [6.45, 7) is 0. The van der Waals surface area contributed by atoms with E-state index in [-0.39, 0.29) is 0 Å². The lowest BCUT2D eigenvalue weighted by atomic mass is 9.98. The number of methoxy groups -OCH3 is 1. The maximum Gasteiger partial charge on any atom is 0.213 e. The van der Waals surface area contributed by atoms with Crippen LogP contribution >= 0.6 is 0 Å². The van der Waals surface area contributed by atoms with Gasteiger partial charge >= 0.3 is 0 Å². The van der Waals surface area contributed by atoms with Crippen LogP contribution in [0.4, 0.5) is 0 Å². The van der Waals surface area contributed by atoms with Gasteiger partial charge in [0, 0.05) is 43.1 Å². The van der Waals surface area contributed by atoms with Gasteiger partial charge in [-0.2, -0.15) is 0 Å². The summed E-state index contributed by atoms with van der Waals surface area (Å²) in [7, 11) is 3.65. The van der Waals surface area contributed by atoms with Gasteiger partial charge in [-0.15, -0.1) is 0 Å². The third-order valence-electron chi connectivity index (χ3n) is 5.07. The van der Waals surface area contributed by atoms with Crippen molar-refractivity contribution in [2.45, 2.75) is 6.42 Å². The first kappa shape index (κ1) is 15.8. The third-order valence-corrected chi connectivity index (χ3v) is 5.07. The minimum atomic E-state index is 0.602. The molecule has 0 saturated carbocycles. The van der Waals surface area contributed by atoms with E-state index in [1.165, 1.54) is 16.7 Å². The number of hydrogen-bond donors (Lipinski definition) is 0. The summed E-state index contributed by atoms with van der Waals surface area (Å²) in [5.41, 5.74) is 8.96. The number of benzene rings is 1. The molecule has 1 aliphatic rings. The van der Waals surface area contributed by atoms with Crippen molar-refractivity contribution < 1.29 is 4.74 Å². The molecule has 5 nitrogen and oxygen atoms in total. The van der Waals surface area contributed by atoms with Crippen LogP contribution in [0.3, 0.4) is 0 Å². The van der Waals surface area contributed by atoms with Crippen molar-refractivity contribution in [3.63, 3.8) is 0 Å². The fraction of sp³-hybridized carbons (Fsp3) is 0.136. The molecule has 0 radical (unpaired) electrons. The molecule has 4 aromatic rings. The maximum absolute atomic E-state index is 5.25. The standard InChI is InChI=1S/C22H18N4O/c1-26-13-25-20-5-3-15(10-21(20)26)17-4-6-19-18(17)9-16(12-24-19)14-7-8-23-22(11-14)27-2/h3-5,7-13H,6H2,1-2H3. The van der Waals surface area contributed by atoms with E-state index in [9.17, 15) is 0 Å². The second-order valence-electron chi connectivity index (χ2n) is 6.69. The first-order chi connectivity index (χ1) is 13.2. The van der Waals surface area contributed by atoms with Crippen molar-refractivity contribution in [1.29, 1.82) is 0 Å². The highest BCUT2D eigenvalue weighted by molar-refractivity contribution is 5.89. The molecular formula is C22H18N4O. The summed E-state index contributed by atoms with van der Waals surface area (Å²) in [6, 6.07) is 12.5. The van der Waals surface area contributed by atoms with Crippen LogP contribution in [0.5, 0.6) is 5.88 Å². The first-order valence-electron chi connectivity index (χ1n) is 8.84. The molecule has 1 aliphatic carbocycles. The van der Waals surface area contributed by atoms with Crippen LogP contribution in [0, 0.1) is 0 Å². The molecule has 0 N–H and O–H groups in total. The van der Waals surface area contributed by atoms with Crippen molar-refractivity contribution in [2.24, 2.45) is 7.05 Å². The van der Waals surface area contributed by atoms with E-state index in [2.05, 4.69) is 40.3 Å². The van der Waals surface area contributed by atoms with Crippen LogP contribution in [-0.4, -0.2) is 26.6 Å². The van der Waals surface area contributed by atoms with Gasteiger partial charge in [0.2, 0.25) is 5.88 Å². The molecule has 5 rings (SSSR count). The Morgan fingerprint density at radius 2 is 1.89 bits per heavy atom. The molecule has 3 aromatic heterocycles. The molecular weight excluding hydrogens is 336 g/mol. The fourth-order valence-electron chi connectivity index (χ4n) is 3.62. The summed E-state index contributed by atoms with van der Waals surface area (Å²) >= 11 is 0. The predicted molar refractivity (Wildman–Crippen MR) is 106 cm³/mol. The van der Waals surface area contributed by atoms with Gasteiger partial charge in [-0.1, -0.05) is 12.1 Å². The molecule has 1 aromatic carbocycles. The number of aromatic nitrogens is 4. The van der Waals surface area contributed by atoms with Crippen LogP contribution in [0.2, 0.25) is 0 Å². The molecule has 132 valence electrons. The van der Waals surface area contributed by atoms with Crippen molar-refractivity contribution in [1.82, 2.24) is 19.5 Å². The minimum absolute atomic E-state index is 0.602. The Kier molecular flexibility index (Phi) is 3.53. The van der Waals surface area contributed by atoms with Gasteiger partial charge in [0.15, 0.2) is 0 Å². The molecule has 27 heavy (non-hydrogen) atoms. The summed E-state index contributed by atoms with van der Waals surface area (Å²) in [6.07, 6.45) is 8.64. The van der Waals surface area contributed by atoms with E-state index in [1.54, 1.807) is 13.3 Å². The van der Waals surface area contributed by atoms with E-state index in [1.807, 2.05) is 36.3 Å². The highest BCUT2D eigenvalue weighted by Gasteiger charge is 2.19. The minimum Gasteiger partial charge on any atom is -0.481 e. The zero-order chi connectivity index (χ0) is 18.4. The second kappa shape index (κ2) is 6.06. The summed E-state index contributed by atoms with van der Waals surface area (Å²) in [5.74, 6) is 0.602. The lowest BCUT2D eigenvalue weighted by Crippen LogP contribution is -1.94. The van der Waals surface area contributed by atoms with Gasteiger partial charge in [-0.25, -0.2) is 9.97 Å². The number of fused-ring (bicyclic) bond motifs is 2. The predicted octanol–water partition coefficient (Wildman–Crippen LogP) is 4.03. The van der Waals surface area contributed by atoms with Gasteiger partial charge in [0.1, 0.15) is 0 Å². The van der Waals surface area contributed by atoms with Crippen molar-refractivity contribution in [3.8, 4) is 17.0 Å². The zero-order valence-corrected chi connectivity index (χ0v) is 15.2. The van der Waals surface area contributed by atoms with Gasteiger partial charge in [-0.05, 0) is 41.0 Å². The number of rotatable bonds is 3. The molecule has 0 unspecified atom stereocenters. The number of ether oxygens (including phenoxy) is 1. The maximum atomic E-state index is 5.25. The van der Waals surface area contributed by atoms with Gasteiger partial charge in [0.05, 0.1) is 30.2 Å².